The molecular weight excluding hydrogens is 226 g/mol. The third-order valence-electron chi connectivity index (χ3n) is 2.42. The normalized spacial score (nSPS) is 10.8. The number of hydrogen-bond donors (Lipinski definition) is 0. The molecular formula is C15H25NO2. The monoisotopic (exact) mass is 251 g/mol. The highest BCUT2D eigenvalue weighted by Gasteiger charge is 2.03. The second-order valence-electron chi connectivity index (χ2n) is 4.37. The van der Waals surface area contributed by atoms with Crippen molar-refractivity contribution in [2.45, 2.75) is 26.2 Å². The Morgan fingerprint density at radius 2 is 2.06 bits per heavy atom. The molecule has 3 heteroatoms. The van der Waals surface area contributed by atoms with Crippen molar-refractivity contribution in [3.63, 3.8) is 0 Å². The van der Waals surface area contributed by atoms with E-state index >= 15 is 0 Å². The van der Waals surface area contributed by atoms with Gasteiger partial charge in [0.2, 0.25) is 0 Å². The Hall–Kier alpha value is -1.35. The van der Waals surface area contributed by atoms with Gasteiger partial charge in [-0.3, -0.25) is 4.90 Å². The Balaban J connectivity index is 3.53. The van der Waals surface area contributed by atoms with Crippen LogP contribution in [0.3, 0.4) is 0 Å². The molecule has 0 spiro atoms. The molecule has 0 atom stereocenters. The Bertz CT molecular complexity index is 295. The number of hydrogen-bond acceptors (Lipinski definition) is 3. The van der Waals surface area contributed by atoms with Crippen molar-refractivity contribution in [1.29, 1.82) is 0 Å². The first kappa shape index (κ1) is 16.6. The van der Waals surface area contributed by atoms with E-state index in [1.807, 2.05) is 13.1 Å². The fourth-order valence-electron chi connectivity index (χ4n) is 1.26. The summed E-state index contributed by atoms with van der Waals surface area (Å²) in [5.41, 5.74) is 0.444. The number of nitrogens with zero attached hydrogens (tertiary/aromatic N) is 1. The van der Waals surface area contributed by atoms with Crippen molar-refractivity contribution in [2.75, 3.05) is 26.7 Å². The van der Waals surface area contributed by atoms with Gasteiger partial charge < -0.3 is 4.74 Å². The van der Waals surface area contributed by atoms with E-state index in [2.05, 4.69) is 30.2 Å². The van der Waals surface area contributed by atoms with Gasteiger partial charge in [-0.2, -0.15) is 0 Å². The van der Waals surface area contributed by atoms with E-state index in [-0.39, 0.29) is 5.97 Å². The molecule has 102 valence electrons. The molecule has 3 nitrogen and oxygen atoms in total. The zero-order valence-corrected chi connectivity index (χ0v) is 11.7. The van der Waals surface area contributed by atoms with Gasteiger partial charge in [0.05, 0.1) is 0 Å². The molecule has 0 aromatic heterocycles. The van der Waals surface area contributed by atoms with E-state index in [9.17, 15) is 4.79 Å². The summed E-state index contributed by atoms with van der Waals surface area (Å²) in [6, 6.07) is 0. The van der Waals surface area contributed by atoms with E-state index in [4.69, 9.17) is 4.74 Å². The Labute approximate surface area is 111 Å². The van der Waals surface area contributed by atoms with Gasteiger partial charge in [0.15, 0.2) is 0 Å². The lowest BCUT2D eigenvalue weighted by Gasteiger charge is -2.14. The lowest BCUT2D eigenvalue weighted by Crippen LogP contribution is -2.24. The molecule has 0 aliphatic heterocycles. The Morgan fingerprint density at radius 3 is 2.67 bits per heavy atom. The molecule has 0 N–H and O–H groups in total. The van der Waals surface area contributed by atoms with Gasteiger partial charge >= 0.3 is 5.97 Å². The highest BCUT2D eigenvalue weighted by atomic mass is 16.5. The summed E-state index contributed by atoms with van der Waals surface area (Å²) in [6.07, 6.45) is 9.57. The predicted octanol–water partition coefficient (Wildman–Crippen LogP) is 2.95. The average molecular weight is 251 g/mol. The van der Waals surface area contributed by atoms with Crippen LogP contribution < -0.4 is 0 Å². The molecule has 0 aromatic rings. The van der Waals surface area contributed by atoms with E-state index in [1.54, 1.807) is 6.92 Å². The number of likely N-dealkylation sites (N-methyl/N-ethyl adjacent to an activating group) is 1. The third kappa shape index (κ3) is 9.85. The van der Waals surface area contributed by atoms with Crippen LogP contribution in [0.5, 0.6) is 0 Å². The minimum atomic E-state index is -0.316. The molecule has 0 aromatic carbocycles. The number of rotatable bonds is 10. The van der Waals surface area contributed by atoms with Gasteiger partial charge in [0.25, 0.3) is 0 Å². The van der Waals surface area contributed by atoms with Crippen LogP contribution in [0.15, 0.2) is 37.0 Å². The standard InChI is InChI=1S/C15H25NO2/c1-5-6-7-8-9-10-11-16(4)12-13-18-15(17)14(2)3/h5,9-10H,1-2,6-8,11-13H2,3-4H3/b10-9+. The molecule has 18 heavy (non-hydrogen) atoms. The lowest BCUT2D eigenvalue weighted by atomic mass is 10.2. The minimum absolute atomic E-state index is 0.316. The largest absolute Gasteiger partial charge is 0.461 e. The maximum Gasteiger partial charge on any atom is 0.333 e. The van der Waals surface area contributed by atoms with Gasteiger partial charge in [-0.1, -0.05) is 24.8 Å². The van der Waals surface area contributed by atoms with Crippen molar-refractivity contribution in [3.8, 4) is 0 Å². The molecule has 0 aliphatic carbocycles. The van der Waals surface area contributed by atoms with Crippen LogP contribution in [0.4, 0.5) is 0 Å². The van der Waals surface area contributed by atoms with Crippen molar-refractivity contribution in [1.82, 2.24) is 4.90 Å². The Morgan fingerprint density at radius 1 is 1.33 bits per heavy atom. The maximum absolute atomic E-state index is 11.1. The van der Waals surface area contributed by atoms with Crippen molar-refractivity contribution < 1.29 is 9.53 Å². The summed E-state index contributed by atoms with van der Waals surface area (Å²) in [7, 11) is 2.00. The van der Waals surface area contributed by atoms with E-state index < -0.39 is 0 Å². The molecule has 0 heterocycles. The third-order valence-corrected chi connectivity index (χ3v) is 2.42. The second-order valence-corrected chi connectivity index (χ2v) is 4.37. The number of esters is 1. The van der Waals surface area contributed by atoms with Crippen LogP contribution in [0, 0.1) is 0 Å². The van der Waals surface area contributed by atoms with E-state index in [0.717, 1.165) is 32.4 Å². The van der Waals surface area contributed by atoms with Gasteiger partial charge in [0.1, 0.15) is 6.61 Å². The van der Waals surface area contributed by atoms with Crippen LogP contribution >= 0.6 is 0 Å². The molecule has 0 unspecified atom stereocenters. The minimum Gasteiger partial charge on any atom is -0.461 e. The number of ether oxygens (including phenoxy) is 1. The number of carbonyl (C=O) groups is 1. The zero-order chi connectivity index (χ0) is 13.8. The summed E-state index contributed by atoms with van der Waals surface area (Å²) in [6.45, 7) is 10.9. The summed E-state index contributed by atoms with van der Waals surface area (Å²) < 4.78 is 5.02. The SMILES string of the molecule is C=CCCC/C=C/CN(C)CCOC(=O)C(=C)C. The van der Waals surface area contributed by atoms with E-state index in [0.29, 0.717) is 12.2 Å². The van der Waals surface area contributed by atoms with Crippen LogP contribution in [0.2, 0.25) is 0 Å². The van der Waals surface area contributed by atoms with Crippen LogP contribution in [-0.4, -0.2) is 37.6 Å². The first-order chi connectivity index (χ1) is 8.57. The van der Waals surface area contributed by atoms with Crippen molar-refractivity contribution >= 4 is 5.97 Å². The summed E-state index contributed by atoms with van der Waals surface area (Å²) in [5, 5.41) is 0. The molecule has 0 saturated carbocycles. The number of carbonyl (C=O) groups excluding carboxylic acids is 1. The maximum atomic E-state index is 11.1. The Kier molecular flexibility index (Phi) is 9.97. The second kappa shape index (κ2) is 10.8. The fourth-order valence-corrected chi connectivity index (χ4v) is 1.26. The van der Waals surface area contributed by atoms with Gasteiger partial charge in [0, 0.05) is 18.7 Å². The molecule has 0 fully saturated rings. The average Bonchev–Trinajstić information content (AvgIpc) is 2.33. The first-order valence-corrected chi connectivity index (χ1v) is 6.35. The number of allylic oxidation sites excluding steroid dienone is 2. The zero-order valence-electron chi connectivity index (χ0n) is 11.7. The van der Waals surface area contributed by atoms with Crippen molar-refractivity contribution in [3.05, 3.63) is 37.0 Å². The van der Waals surface area contributed by atoms with Crippen molar-refractivity contribution in [2.24, 2.45) is 0 Å². The highest BCUT2D eigenvalue weighted by Crippen LogP contribution is 1.97. The van der Waals surface area contributed by atoms with Gasteiger partial charge in [-0.25, -0.2) is 4.79 Å². The van der Waals surface area contributed by atoms with Crippen LogP contribution in [0.25, 0.3) is 0 Å². The molecule has 0 bridgehead atoms. The van der Waals surface area contributed by atoms with Crippen LogP contribution in [0.1, 0.15) is 26.2 Å². The summed E-state index contributed by atoms with van der Waals surface area (Å²) >= 11 is 0. The van der Waals surface area contributed by atoms with Crippen LogP contribution in [-0.2, 0) is 9.53 Å². The number of unbranched alkanes of at least 4 members (excludes halogenated alkanes) is 2. The summed E-state index contributed by atoms with van der Waals surface area (Å²) in [5.74, 6) is -0.316. The highest BCUT2D eigenvalue weighted by molar-refractivity contribution is 5.86. The quantitative estimate of drug-likeness (QED) is 0.259. The smallest absolute Gasteiger partial charge is 0.333 e. The van der Waals surface area contributed by atoms with Gasteiger partial charge in [-0.05, 0) is 33.2 Å². The molecule has 0 aliphatic rings. The molecule has 0 saturated heterocycles. The van der Waals surface area contributed by atoms with Gasteiger partial charge in [-0.15, -0.1) is 6.58 Å². The first-order valence-electron chi connectivity index (χ1n) is 6.35. The van der Waals surface area contributed by atoms with E-state index in [1.165, 1.54) is 0 Å². The molecule has 0 amide bonds. The molecule has 0 radical (unpaired) electrons. The molecule has 0 rings (SSSR count). The topological polar surface area (TPSA) is 29.5 Å². The summed E-state index contributed by atoms with van der Waals surface area (Å²) in [4.78, 5) is 13.2. The predicted molar refractivity (Wildman–Crippen MR) is 76.5 cm³/mol. The lowest BCUT2D eigenvalue weighted by molar-refractivity contribution is -0.139. The fraction of sp³-hybridized carbons (Fsp3) is 0.533.